The van der Waals surface area contributed by atoms with Crippen molar-refractivity contribution in [3.63, 3.8) is 0 Å². The minimum atomic E-state index is -3.69. The van der Waals surface area contributed by atoms with Crippen molar-refractivity contribution < 1.29 is 18.3 Å². The number of carboxylic acid groups (broad SMARTS) is 1. The van der Waals surface area contributed by atoms with E-state index < -0.39 is 26.6 Å². The zero-order valence-corrected chi connectivity index (χ0v) is 11.4. The van der Waals surface area contributed by atoms with Crippen LogP contribution in [-0.4, -0.2) is 39.7 Å². The first kappa shape index (κ1) is 14.4. The molecular formula is C9H16N4O4S. The Morgan fingerprint density at radius 3 is 2.33 bits per heavy atom. The van der Waals surface area contributed by atoms with E-state index in [1.807, 2.05) is 0 Å². The van der Waals surface area contributed by atoms with Crippen LogP contribution in [0.5, 0.6) is 0 Å². The van der Waals surface area contributed by atoms with Crippen molar-refractivity contribution in [1.82, 2.24) is 15.0 Å². The number of aliphatic carboxylic acids is 1. The van der Waals surface area contributed by atoms with Crippen LogP contribution in [0.25, 0.3) is 0 Å². The number of carbonyl (C=O) groups is 1. The molecule has 3 N–H and O–H groups in total. The van der Waals surface area contributed by atoms with Crippen LogP contribution in [-0.2, 0) is 20.2 Å². The number of nitrogen functional groups attached to an aromatic ring is 1. The summed E-state index contributed by atoms with van der Waals surface area (Å²) in [7, 11) is -3.69. The smallest absolute Gasteiger partial charge is 0.331 e. The number of anilines is 1. The summed E-state index contributed by atoms with van der Waals surface area (Å²) < 4.78 is 24.7. The van der Waals surface area contributed by atoms with Crippen molar-refractivity contribution >= 4 is 21.6 Å². The van der Waals surface area contributed by atoms with Gasteiger partial charge in [0.2, 0.25) is 14.9 Å². The van der Waals surface area contributed by atoms with Crippen LogP contribution in [0.3, 0.4) is 0 Å². The summed E-state index contributed by atoms with van der Waals surface area (Å²) in [5.41, 5.74) is 4.18. The number of carboxylic acids is 1. The molecule has 0 atom stereocenters. The number of rotatable bonds is 4. The molecule has 0 aromatic carbocycles. The Morgan fingerprint density at radius 2 is 1.94 bits per heavy atom. The van der Waals surface area contributed by atoms with Gasteiger partial charge in [-0.2, -0.15) is 0 Å². The zero-order valence-electron chi connectivity index (χ0n) is 10.6. The van der Waals surface area contributed by atoms with Gasteiger partial charge in [-0.15, -0.1) is 5.10 Å². The Morgan fingerprint density at radius 1 is 1.44 bits per heavy atom. The largest absolute Gasteiger partial charge is 0.479 e. The van der Waals surface area contributed by atoms with E-state index in [2.05, 4.69) is 10.3 Å². The summed E-state index contributed by atoms with van der Waals surface area (Å²) in [5.74, 6) is -1.45. The van der Waals surface area contributed by atoms with Crippen LogP contribution in [0, 0.1) is 0 Å². The highest BCUT2D eigenvalue weighted by atomic mass is 32.2. The molecule has 102 valence electrons. The van der Waals surface area contributed by atoms with Gasteiger partial charge in [0.15, 0.2) is 11.4 Å². The monoisotopic (exact) mass is 276 g/mol. The molecule has 0 unspecified atom stereocenters. The minimum Gasteiger partial charge on any atom is -0.479 e. The van der Waals surface area contributed by atoms with Gasteiger partial charge in [0.25, 0.3) is 0 Å². The third-order valence-corrected chi connectivity index (χ3v) is 4.69. The zero-order chi connectivity index (χ0) is 14.3. The van der Waals surface area contributed by atoms with Crippen molar-refractivity contribution in [3.05, 3.63) is 0 Å². The summed E-state index contributed by atoms with van der Waals surface area (Å²) in [6, 6.07) is 0. The van der Waals surface area contributed by atoms with E-state index in [1.165, 1.54) is 27.7 Å². The molecule has 0 fully saturated rings. The second-order valence-electron chi connectivity index (χ2n) is 4.65. The lowest BCUT2D eigenvalue weighted by Gasteiger charge is -2.20. The second-order valence-corrected chi connectivity index (χ2v) is 7.07. The van der Waals surface area contributed by atoms with Crippen LogP contribution < -0.4 is 5.73 Å². The van der Waals surface area contributed by atoms with Gasteiger partial charge in [0.05, 0.1) is 5.25 Å². The molecule has 8 nitrogen and oxygen atoms in total. The quantitative estimate of drug-likeness (QED) is 0.783. The van der Waals surface area contributed by atoms with Crippen molar-refractivity contribution in [3.8, 4) is 0 Å². The topological polar surface area (TPSA) is 128 Å². The summed E-state index contributed by atoms with van der Waals surface area (Å²) in [6.07, 6.45) is 0. The Kier molecular flexibility index (Phi) is 3.39. The first-order valence-corrected chi connectivity index (χ1v) is 6.76. The molecule has 0 aliphatic carbocycles. The van der Waals surface area contributed by atoms with Gasteiger partial charge in [-0.05, 0) is 27.7 Å². The third-order valence-electron chi connectivity index (χ3n) is 2.62. The second kappa shape index (κ2) is 4.23. The fraction of sp³-hybridized carbons (Fsp3) is 0.667. The molecule has 18 heavy (non-hydrogen) atoms. The van der Waals surface area contributed by atoms with Crippen molar-refractivity contribution in [2.75, 3.05) is 5.73 Å². The summed E-state index contributed by atoms with van der Waals surface area (Å²) >= 11 is 0. The van der Waals surface area contributed by atoms with Gasteiger partial charge in [0.1, 0.15) is 0 Å². The first-order valence-electron chi connectivity index (χ1n) is 5.22. The predicted octanol–water partition coefficient (Wildman–Crippen LogP) is -0.138. The maximum absolute atomic E-state index is 11.9. The van der Waals surface area contributed by atoms with E-state index in [1.54, 1.807) is 0 Å². The average Bonchev–Trinajstić information content (AvgIpc) is 2.60. The molecule has 0 saturated carbocycles. The lowest BCUT2D eigenvalue weighted by Crippen LogP contribution is -2.37. The minimum absolute atomic E-state index is 0.267. The van der Waals surface area contributed by atoms with E-state index in [-0.39, 0.29) is 10.8 Å². The van der Waals surface area contributed by atoms with Gasteiger partial charge in [-0.25, -0.2) is 17.9 Å². The summed E-state index contributed by atoms with van der Waals surface area (Å²) in [6.45, 7) is 5.67. The molecule has 1 aromatic heterocycles. The standard InChI is InChI=1S/C9H16N4O4S/c1-5(2)18(16,17)7-6(10)13(12-11-7)9(3,4)8(14)15/h5H,10H2,1-4H3,(H,14,15). The lowest BCUT2D eigenvalue weighted by atomic mass is 10.1. The number of sulfone groups is 1. The van der Waals surface area contributed by atoms with Crippen molar-refractivity contribution in [1.29, 1.82) is 0 Å². The molecule has 0 aliphatic rings. The van der Waals surface area contributed by atoms with Gasteiger partial charge in [-0.1, -0.05) is 5.21 Å². The van der Waals surface area contributed by atoms with Gasteiger partial charge < -0.3 is 10.8 Å². The normalized spacial score (nSPS) is 12.9. The number of nitrogens with two attached hydrogens (primary N) is 1. The SMILES string of the molecule is CC(C)S(=O)(=O)c1nnn(C(C)(C)C(=O)O)c1N. The van der Waals surface area contributed by atoms with E-state index in [4.69, 9.17) is 10.8 Å². The van der Waals surface area contributed by atoms with Crippen molar-refractivity contribution in [2.45, 2.75) is 43.5 Å². The van der Waals surface area contributed by atoms with E-state index in [9.17, 15) is 13.2 Å². The maximum Gasteiger partial charge on any atom is 0.331 e. The molecule has 1 aromatic rings. The first-order chi connectivity index (χ1) is 8.02. The highest BCUT2D eigenvalue weighted by Gasteiger charge is 2.36. The molecule has 1 rings (SSSR count). The highest BCUT2D eigenvalue weighted by molar-refractivity contribution is 7.92. The van der Waals surface area contributed by atoms with E-state index >= 15 is 0 Å². The Labute approximate surface area is 105 Å². The van der Waals surface area contributed by atoms with Crippen LogP contribution in [0.4, 0.5) is 5.82 Å². The molecule has 0 aliphatic heterocycles. The molecule has 1 heterocycles. The number of nitrogens with zero attached hydrogens (tertiary/aromatic N) is 3. The molecule has 0 amide bonds. The molecular weight excluding hydrogens is 260 g/mol. The van der Waals surface area contributed by atoms with Crippen LogP contribution in [0.1, 0.15) is 27.7 Å². The third kappa shape index (κ3) is 2.05. The molecule has 9 heteroatoms. The van der Waals surface area contributed by atoms with Gasteiger partial charge in [0, 0.05) is 0 Å². The summed E-state index contributed by atoms with van der Waals surface area (Å²) in [5, 5.41) is 15.0. The van der Waals surface area contributed by atoms with Crippen LogP contribution in [0.15, 0.2) is 5.03 Å². The Hall–Kier alpha value is -1.64. The molecule has 0 saturated heterocycles. The lowest BCUT2D eigenvalue weighted by molar-refractivity contribution is -0.146. The number of aromatic nitrogens is 3. The summed E-state index contributed by atoms with van der Waals surface area (Å²) in [4.78, 5) is 11.1. The highest BCUT2D eigenvalue weighted by Crippen LogP contribution is 2.25. The molecule has 0 bridgehead atoms. The predicted molar refractivity (Wildman–Crippen MR) is 63.7 cm³/mol. The van der Waals surface area contributed by atoms with E-state index in [0.29, 0.717) is 0 Å². The maximum atomic E-state index is 11.9. The molecule has 0 spiro atoms. The van der Waals surface area contributed by atoms with Crippen LogP contribution in [0.2, 0.25) is 0 Å². The van der Waals surface area contributed by atoms with Gasteiger partial charge >= 0.3 is 5.97 Å². The Balaban J connectivity index is 3.43. The molecule has 0 radical (unpaired) electrons. The fourth-order valence-electron chi connectivity index (χ4n) is 1.20. The fourth-order valence-corrected chi connectivity index (χ4v) is 2.18. The van der Waals surface area contributed by atoms with Gasteiger partial charge in [-0.3, -0.25) is 0 Å². The number of hydrogen-bond acceptors (Lipinski definition) is 6. The van der Waals surface area contributed by atoms with Crippen molar-refractivity contribution in [2.24, 2.45) is 0 Å². The van der Waals surface area contributed by atoms with Crippen LogP contribution >= 0.6 is 0 Å². The average molecular weight is 276 g/mol. The van der Waals surface area contributed by atoms with E-state index in [0.717, 1.165) is 4.68 Å². The Bertz CT molecular complexity index is 573. The number of hydrogen-bond donors (Lipinski definition) is 2.